The molecule has 0 aliphatic heterocycles. The van der Waals surface area contributed by atoms with Crippen molar-refractivity contribution in [3.8, 4) is 0 Å². The van der Waals surface area contributed by atoms with Gasteiger partial charge in [0.15, 0.2) is 5.16 Å². The van der Waals surface area contributed by atoms with E-state index in [0.29, 0.717) is 0 Å². The number of H-pyrrole nitrogens is 1. The number of hydrogen-bond acceptors (Lipinski definition) is 4. The molecule has 2 aromatic carbocycles. The maximum Gasteiger partial charge on any atom is 0.237 e. The van der Waals surface area contributed by atoms with E-state index in [1.54, 1.807) is 11.8 Å². The Morgan fingerprint density at radius 1 is 1.17 bits per heavy atom. The number of rotatable bonds is 5. The molecule has 0 bridgehead atoms. The first-order chi connectivity index (χ1) is 11.2. The van der Waals surface area contributed by atoms with Crippen LogP contribution in [0.2, 0.25) is 0 Å². The van der Waals surface area contributed by atoms with Crippen molar-refractivity contribution >= 4 is 46.2 Å². The van der Waals surface area contributed by atoms with Gasteiger partial charge in [0.05, 0.1) is 22.0 Å². The Labute approximate surface area is 143 Å². The van der Waals surface area contributed by atoms with E-state index in [1.807, 2.05) is 61.7 Å². The molecular formula is C17H17N3OS2. The third kappa shape index (κ3) is 3.71. The highest BCUT2D eigenvalue weighted by Gasteiger charge is 2.17. The van der Waals surface area contributed by atoms with Crippen LogP contribution in [0.5, 0.6) is 0 Å². The van der Waals surface area contributed by atoms with Crippen LogP contribution < -0.4 is 5.32 Å². The number of thioether (sulfide) groups is 2. The zero-order valence-electron chi connectivity index (χ0n) is 12.9. The highest BCUT2D eigenvalue weighted by molar-refractivity contribution is 8.00. The second-order valence-electron chi connectivity index (χ2n) is 5.01. The lowest BCUT2D eigenvalue weighted by Gasteiger charge is -2.12. The van der Waals surface area contributed by atoms with Crippen molar-refractivity contribution in [3.05, 3.63) is 48.5 Å². The topological polar surface area (TPSA) is 57.8 Å². The summed E-state index contributed by atoms with van der Waals surface area (Å²) in [4.78, 5) is 21.2. The Hall–Kier alpha value is -1.92. The fraction of sp³-hybridized carbons (Fsp3) is 0.176. The lowest BCUT2D eigenvalue weighted by molar-refractivity contribution is -0.115. The average Bonchev–Trinajstić information content (AvgIpc) is 2.97. The Balaban J connectivity index is 1.69. The molecule has 0 aliphatic carbocycles. The summed E-state index contributed by atoms with van der Waals surface area (Å²) in [6.45, 7) is 1.88. The van der Waals surface area contributed by atoms with Crippen LogP contribution in [0.3, 0.4) is 0 Å². The molecule has 3 rings (SSSR count). The number of aromatic nitrogens is 2. The lowest BCUT2D eigenvalue weighted by atomic mass is 10.3. The molecule has 1 aromatic heterocycles. The molecule has 1 heterocycles. The van der Waals surface area contributed by atoms with Gasteiger partial charge in [0, 0.05) is 4.90 Å². The average molecular weight is 343 g/mol. The number of nitrogens with one attached hydrogen (secondary N) is 2. The Morgan fingerprint density at radius 3 is 2.70 bits per heavy atom. The minimum atomic E-state index is -0.245. The third-order valence-corrected chi connectivity index (χ3v) is 5.17. The van der Waals surface area contributed by atoms with E-state index in [1.165, 1.54) is 11.8 Å². The van der Waals surface area contributed by atoms with Gasteiger partial charge in [0.25, 0.3) is 0 Å². The van der Waals surface area contributed by atoms with E-state index < -0.39 is 0 Å². The molecule has 118 valence electrons. The van der Waals surface area contributed by atoms with Gasteiger partial charge in [0.1, 0.15) is 0 Å². The van der Waals surface area contributed by atoms with Gasteiger partial charge in [-0.1, -0.05) is 36.0 Å². The summed E-state index contributed by atoms with van der Waals surface area (Å²) < 4.78 is 0. The molecular weight excluding hydrogens is 326 g/mol. The predicted molar refractivity (Wildman–Crippen MR) is 98.3 cm³/mol. The molecule has 3 aromatic rings. The first kappa shape index (κ1) is 16.0. The van der Waals surface area contributed by atoms with Crippen molar-refractivity contribution in [2.24, 2.45) is 0 Å². The maximum absolute atomic E-state index is 12.4. The molecule has 0 spiro atoms. The van der Waals surface area contributed by atoms with Crippen LogP contribution >= 0.6 is 23.5 Å². The molecule has 1 amide bonds. The number of benzene rings is 2. The van der Waals surface area contributed by atoms with Gasteiger partial charge in [-0.2, -0.15) is 0 Å². The molecule has 2 N–H and O–H groups in total. The minimum Gasteiger partial charge on any atom is -0.333 e. The van der Waals surface area contributed by atoms with Gasteiger partial charge in [-0.05, 0) is 37.4 Å². The van der Waals surface area contributed by atoms with Gasteiger partial charge in [-0.3, -0.25) is 4.79 Å². The highest BCUT2D eigenvalue weighted by Crippen LogP contribution is 2.27. The first-order valence-electron chi connectivity index (χ1n) is 7.22. The summed E-state index contributed by atoms with van der Waals surface area (Å²) in [7, 11) is 0. The van der Waals surface area contributed by atoms with Crippen LogP contribution in [0.1, 0.15) is 6.92 Å². The summed E-state index contributed by atoms with van der Waals surface area (Å²) in [6.07, 6.45) is 2.00. The number of imidazole rings is 1. The fourth-order valence-electron chi connectivity index (χ4n) is 2.19. The van der Waals surface area contributed by atoms with Gasteiger partial charge >= 0.3 is 0 Å². The molecule has 4 nitrogen and oxygen atoms in total. The number of carbonyl (C=O) groups is 1. The minimum absolute atomic E-state index is 0.0306. The maximum atomic E-state index is 12.4. The summed E-state index contributed by atoms with van der Waals surface area (Å²) in [5.41, 5.74) is 2.74. The predicted octanol–water partition coefficient (Wildman–Crippen LogP) is 4.40. The molecule has 23 heavy (non-hydrogen) atoms. The monoisotopic (exact) mass is 343 g/mol. The third-order valence-electron chi connectivity index (χ3n) is 3.39. The van der Waals surface area contributed by atoms with Crippen molar-refractivity contribution in [3.63, 3.8) is 0 Å². The Bertz CT molecular complexity index is 798. The van der Waals surface area contributed by atoms with Gasteiger partial charge in [0.2, 0.25) is 5.91 Å². The first-order valence-corrected chi connectivity index (χ1v) is 9.33. The fourth-order valence-corrected chi connectivity index (χ4v) is 3.56. The smallest absolute Gasteiger partial charge is 0.237 e. The summed E-state index contributed by atoms with van der Waals surface area (Å²) in [5, 5.41) is 3.50. The summed E-state index contributed by atoms with van der Waals surface area (Å²) in [6, 6.07) is 15.7. The molecule has 0 radical (unpaired) electrons. The number of nitrogens with zero attached hydrogens (tertiary/aromatic N) is 1. The van der Waals surface area contributed by atoms with Crippen molar-refractivity contribution < 1.29 is 4.79 Å². The zero-order chi connectivity index (χ0) is 16.2. The number of carbonyl (C=O) groups excluding carboxylic acids is 1. The van der Waals surface area contributed by atoms with E-state index >= 15 is 0 Å². The van der Waals surface area contributed by atoms with Gasteiger partial charge in [-0.25, -0.2) is 4.98 Å². The summed E-state index contributed by atoms with van der Waals surface area (Å²) in [5.74, 6) is -0.0306. The number of anilines is 1. The van der Waals surface area contributed by atoms with Crippen LogP contribution in [0.15, 0.2) is 58.6 Å². The van der Waals surface area contributed by atoms with E-state index in [0.717, 1.165) is 26.8 Å². The molecule has 1 unspecified atom stereocenters. The van der Waals surface area contributed by atoms with Crippen molar-refractivity contribution in [1.29, 1.82) is 0 Å². The molecule has 6 heteroatoms. The largest absolute Gasteiger partial charge is 0.333 e. The number of hydrogen-bond donors (Lipinski definition) is 2. The lowest BCUT2D eigenvalue weighted by Crippen LogP contribution is -2.22. The normalized spacial score (nSPS) is 12.3. The quantitative estimate of drug-likeness (QED) is 0.674. The van der Waals surface area contributed by atoms with Crippen molar-refractivity contribution in [2.75, 3.05) is 11.6 Å². The van der Waals surface area contributed by atoms with E-state index in [9.17, 15) is 4.79 Å². The Kier molecular flexibility index (Phi) is 4.93. The molecule has 0 saturated heterocycles. The van der Waals surface area contributed by atoms with Gasteiger partial charge in [-0.15, -0.1) is 11.8 Å². The van der Waals surface area contributed by atoms with Crippen LogP contribution in [0.4, 0.5) is 5.69 Å². The summed E-state index contributed by atoms with van der Waals surface area (Å²) >= 11 is 3.04. The number of fused-ring (bicyclic) bond motifs is 1. The van der Waals surface area contributed by atoms with Gasteiger partial charge < -0.3 is 10.3 Å². The van der Waals surface area contributed by atoms with E-state index in [-0.39, 0.29) is 11.2 Å². The SMILES string of the molecule is CSc1ccccc1NC(=O)C(C)Sc1nc2ccccc2[nH]1. The molecule has 1 atom stereocenters. The number of amides is 1. The highest BCUT2D eigenvalue weighted by atomic mass is 32.2. The van der Waals surface area contributed by atoms with Crippen LogP contribution in [0, 0.1) is 0 Å². The second kappa shape index (κ2) is 7.10. The van der Waals surface area contributed by atoms with Crippen molar-refractivity contribution in [2.45, 2.75) is 22.2 Å². The van der Waals surface area contributed by atoms with E-state index in [2.05, 4.69) is 15.3 Å². The van der Waals surface area contributed by atoms with E-state index in [4.69, 9.17) is 0 Å². The second-order valence-corrected chi connectivity index (χ2v) is 7.19. The number of para-hydroxylation sites is 3. The number of aromatic amines is 1. The van der Waals surface area contributed by atoms with Crippen LogP contribution in [-0.4, -0.2) is 27.4 Å². The Morgan fingerprint density at radius 2 is 1.91 bits per heavy atom. The standard InChI is InChI=1S/C17H17N3OS2/c1-11(16(21)18-14-9-5-6-10-15(14)22-2)23-17-19-12-7-3-4-8-13(12)20-17/h3-11H,1-2H3,(H,18,21)(H,19,20). The van der Waals surface area contributed by atoms with Crippen LogP contribution in [-0.2, 0) is 4.79 Å². The van der Waals surface area contributed by atoms with Crippen LogP contribution in [0.25, 0.3) is 11.0 Å². The zero-order valence-corrected chi connectivity index (χ0v) is 14.5. The molecule has 0 saturated carbocycles. The molecule has 0 aliphatic rings. The molecule has 0 fully saturated rings. The van der Waals surface area contributed by atoms with Crippen molar-refractivity contribution in [1.82, 2.24) is 9.97 Å².